The maximum Gasteiger partial charge on any atom is 0.245 e. The number of aryl methyl sites for hydroxylation is 1. The molecule has 4 nitrogen and oxygen atoms in total. The molecular formula is C20H22N2O2. The SMILES string of the molecule is O=C1CN(CCCc2ccccc2)C(=O)[C@H](Cc2ccccc2)N1. The van der Waals surface area contributed by atoms with E-state index in [0.29, 0.717) is 13.0 Å². The monoisotopic (exact) mass is 322 g/mol. The van der Waals surface area contributed by atoms with E-state index in [1.807, 2.05) is 48.5 Å². The second kappa shape index (κ2) is 7.77. The van der Waals surface area contributed by atoms with Crippen LogP contribution in [0.5, 0.6) is 0 Å². The highest BCUT2D eigenvalue weighted by atomic mass is 16.2. The molecule has 124 valence electrons. The van der Waals surface area contributed by atoms with E-state index in [0.717, 1.165) is 18.4 Å². The average molecular weight is 322 g/mol. The number of hydrogen-bond acceptors (Lipinski definition) is 2. The van der Waals surface area contributed by atoms with Crippen molar-refractivity contribution in [2.24, 2.45) is 0 Å². The van der Waals surface area contributed by atoms with Crippen molar-refractivity contribution < 1.29 is 9.59 Å². The number of hydrogen-bond donors (Lipinski definition) is 1. The number of piperazine rings is 1. The molecule has 1 fully saturated rings. The van der Waals surface area contributed by atoms with Crippen LogP contribution in [0.3, 0.4) is 0 Å². The molecular weight excluding hydrogens is 300 g/mol. The van der Waals surface area contributed by atoms with Gasteiger partial charge in [-0.2, -0.15) is 0 Å². The van der Waals surface area contributed by atoms with Gasteiger partial charge >= 0.3 is 0 Å². The van der Waals surface area contributed by atoms with E-state index < -0.39 is 6.04 Å². The Morgan fingerprint density at radius 1 is 0.917 bits per heavy atom. The fraction of sp³-hybridized carbons (Fsp3) is 0.300. The van der Waals surface area contributed by atoms with Gasteiger partial charge in [-0.05, 0) is 24.0 Å². The number of carbonyl (C=O) groups is 2. The Kier molecular flexibility index (Phi) is 5.26. The smallest absolute Gasteiger partial charge is 0.245 e. The zero-order valence-electron chi connectivity index (χ0n) is 13.7. The lowest BCUT2D eigenvalue weighted by molar-refractivity contribution is -0.144. The molecule has 0 aromatic heterocycles. The van der Waals surface area contributed by atoms with Crippen LogP contribution in [0.25, 0.3) is 0 Å². The minimum atomic E-state index is -0.453. The first-order valence-electron chi connectivity index (χ1n) is 8.38. The molecule has 0 unspecified atom stereocenters. The predicted octanol–water partition coefficient (Wildman–Crippen LogP) is 2.19. The van der Waals surface area contributed by atoms with Crippen LogP contribution >= 0.6 is 0 Å². The highest BCUT2D eigenvalue weighted by Gasteiger charge is 2.32. The molecule has 1 aliphatic rings. The zero-order chi connectivity index (χ0) is 16.8. The summed E-state index contributed by atoms with van der Waals surface area (Å²) >= 11 is 0. The van der Waals surface area contributed by atoms with Gasteiger partial charge in [-0.15, -0.1) is 0 Å². The summed E-state index contributed by atoms with van der Waals surface area (Å²) in [5.41, 5.74) is 2.31. The fourth-order valence-corrected chi connectivity index (χ4v) is 3.07. The van der Waals surface area contributed by atoms with Gasteiger partial charge in [0.2, 0.25) is 11.8 Å². The van der Waals surface area contributed by atoms with E-state index in [9.17, 15) is 9.59 Å². The van der Waals surface area contributed by atoms with Crippen molar-refractivity contribution in [2.45, 2.75) is 25.3 Å². The van der Waals surface area contributed by atoms with E-state index in [2.05, 4.69) is 17.4 Å². The van der Waals surface area contributed by atoms with Crippen molar-refractivity contribution in [3.63, 3.8) is 0 Å². The summed E-state index contributed by atoms with van der Waals surface area (Å²) in [4.78, 5) is 26.3. The molecule has 0 aliphatic carbocycles. The lowest BCUT2D eigenvalue weighted by Gasteiger charge is -2.32. The molecule has 1 saturated heterocycles. The van der Waals surface area contributed by atoms with Gasteiger partial charge in [0.15, 0.2) is 0 Å². The predicted molar refractivity (Wildman–Crippen MR) is 93.4 cm³/mol. The summed E-state index contributed by atoms with van der Waals surface area (Å²) in [7, 11) is 0. The normalized spacial score (nSPS) is 17.7. The van der Waals surface area contributed by atoms with E-state index in [4.69, 9.17) is 0 Å². The van der Waals surface area contributed by atoms with Crippen LogP contribution in [0.1, 0.15) is 17.5 Å². The fourth-order valence-electron chi connectivity index (χ4n) is 3.07. The topological polar surface area (TPSA) is 49.4 Å². The average Bonchev–Trinajstić information content (AvgIpc) is 2.60. The van der Waals surface area contributed by atoms with E-state index in [1.54, 1.807) is 4.90 Å². The zero-order valence-corrected chi connectivity index (χ0v) is 13.7. The second-order valence-corrected chi connectivity index (χ2v) is 6.16. The van der Waals surface area contributed by atoms with Gasteiger partial charge in [-0.1, -0.05) is 60.7 Å². The molecule has 1 atom stereocenters. The first-order valence-corrected chi connectivity index (χ1v) is 8.38. The molecule has 4 heteroatoms. The first kappa shape index (κ1) is 16.2. The van der Waals surface area contributed by atoms with Gasteiger partial charge in [-0.3, -0.25) is 9.59 Å². The third kappa shape index (κ3) is 4.22. The highest BCUT2D eigenvalue weighted by molar-refractivity contribution is 5.95. The van der Waals surface area contributed by atoms with Crippen LogP contribution in [-0.4, -0.2) is 35.8 Å². The van der Waals surface area contributed by atoms with Gasteiger partial charge in [-0.25, -0.2) is 0 Å². The van der Waals surface area contributed by atoms with Gasteiger partial charge in [0.05, 0.1) is 6.54 Å². The van der Waals surface area contributed by atoms with Crippen LogP contribution < -0.4 is 5.32 Å². The van der Waals surface area contributed by atoms with Crippen LogP contribution in [0, 0.1) is 0 Å². The molecule has 3 rings (SSSR count). The Morgan fingerprint density at radius 3 is 2.21 bits per heavy atom. The minimum absolute atomic E-state index is 0.0199. The lowest BCUT2D eigenvalue weighted by Crippen LogP contribution is -2.58. The van der Waals surface area contributed by atoms with Crippen molar-refractivity contribution >= 4 is 11.8 Å². The molecule has 0 spiro atoms. The van der Waals surface area contributed by atoms with E-state index in [-0.39, 0.29) is 18.4 Å². The number of rotatable bonds is 6. The largest absolute Gasteiger partial charge is 0.342 e. The molecule has 1 heterocycles. The van der Waals surface area contributed by atoms with Crippen molar-refractivity contribution in [1.29, 1.82) is 0 Å². The van der Waals surface area contributed by atoms with Crippen LogP contribution in [0.2, 0.25) is 0 Å². The molecule has 1 N–H and O–H groups in total. The Morgan fingerprint density at radius 2 is 1.54 bits per heavy atom. The minimum Gasteiger partial charge on any atom is -0.342 e. The molecule has 0 saturated carbocycles. The molecule has 2 amide bonds. The molecule has 2 aromatic rings. The Labute approximate surface area is 142 Å². The van der Waals surface area contributed by atoms with Gasteiger partial charge < -0.3 is 10.2 Å². The van der Waals surface area contributed by atoms with Crippen molar-refractivity contribution in [2.75, 3.05) is 13.1 Å². The van der Waals surface area contributed by atoms with Crippen LogP contribution in [-0.2, 0) is 22.4 Å². The Bertz CT molecular complexity index is 685. The quantitative estimate of drug-likeness (QED) is 0.886. The summed E-state index contributed by atoms with van der Waals surface area (Å²) in [6.07, 6.45) is 2.32. The summed E-state index contributed by atoms with van der Waals surface area (Å²) in [6, 6.07) is 19.6. The lowest BCUT2D eigenvalue weighted by atomic mass is 10.0. The highest BCUT2D eigenvalue weighted by Crippen LogP contribution is 2.11. The Hall–Kier alpha value is -2.62. The maximum absolute atomic E-state index is 12.6. The summed E-state index contributed by atoms with van der Waals surface area (Å²) in [5, 5.41) is 2.82. The third-order valence-electron chi connectivity index (χ3n) is 4.30. The molecule has 0 bridgehead atoms. The van der Waals surface area contributed by atoms with Gasteiger partial charge in [0, 0.05) is 13.0 Å². The van der Waals surface area contributed by atoms with Crippen LogP contribution in [0.4, 0.5) is 0 Å². The van der Waals surface area contributed by atoms with Crippen molar-refractivity contribution in [1.82, 2.24) is 10.2 Å². The van der Waals surface area contributed by atoms with Crippen molar-refractivity contribution in [3.05, 3.63) is 71.8 Å². The van der Waals surface area contributed by atoms with Gasteiger partial charge in [0.25, 0.3) is 0 Å². The number of amides is 2. The van der Waals surface area contributed by atoms with Gasteiger partial charge in [0.1, 0.15) is 6.04 Å². The number of carbonyl (C=O) groups excluding carboxylic acids is 2. The first-order chi connectivity index (χ1) is 11.7. The van der Waals surface area contributed by atoms with Crippen molar-refractivity contribution in [3.8, 4) is 0 Å². The third-order valence-corrected chi connectivity index (χ3v) is 4.30. The van der Waals surface area contributed by atoms with E-state index in [1.165, 1.54) is 5.56 Å². The molecule has 1 aliphatic heterocycles. The summed E-state index contributed by atoms with van der Waals surface area (Å²) in [5.74, 6) is -0.0539. The molecule has 0 radical (unpaired) electrons. The number of nitrogens with one attached hydrogen (secondary N) is 1. The number of nitrogens with zero attached hydrogens (tertiary/aromatic N) is 1. The Balaban J connectivity index is 1.57. The standard InChI is InChI=1S/C20H22N2O2/c23-19-15-22(13-7-12-16-8-3-1-4-9-16)20(24)18(21-19)14-17-10-5-2-6-11-17/h1-6,8-11,18H,7,12-15H2,(H,21,23)/t18-/m0/s1. The summed E-state index contributed by atoms with van der Waals surface area (Å²) in [6.45, 7) is 0.783. The van der Waals surface area contributed by atoms with Crippen LogP contribution in [0.15, 0.2) is 60.7 Å². The number of benzene rings is 2. The second-order valence-electron chi connectivity index (χ2n) is 6.16. The van der Waals surface area contributed by atoms with E-state index >= 15 is 0 Å². The molecule has 2 aromatic carbocycles. The summed E-state index contributed by atoms with van der Waals surface area (Å²) < 4.78 is 0. The molecule has 24 heavy (non-hydrogen) atoms. The maximum atomic E-state index is 12.6.